The van der Waals surface area contributed by atoms with E-state index in [1.807, 2.05) is 0 Å². The first-order valence-corrected chi connectivity index (χ1v) is 10.7. The Hall–Kier alpha value is -2.47. The van der Waals surface area contributed by atoms with Crippen molar-refractivity contribution in [1.29, 1.82) is 0 Å². The van der Waals surface area contributed by atoms with Gasteiger partial charge in [-0.1, -0.05) is 11.8 Å². The number of thioether (sulfide) groups is 1. The van der Waals surface area contributed by atoms with E-state index in [0.717, 1.165) is 12.1 Å². The molecule has 7 nitrogen and oxygen atoms in total. The van der Waals surface area contributed by atoms with Crippen molar-refractivity contribution in [3.05, 3.63) is 35.3 Å². The van der Waals surface area contributed by atoms with Crippen LogP contribution in [-0.2, 0) is 4.79 Å². The van der Waals surface area contributed by atoms with E-state index >= 15 is 0 Å². The normalized spacial score (nSPS) is 16.7. The lowest BCUT2D eigenvalue weighted by Gasteiger charge is -2.24. The summed E-state index contributed by atoms with van der Waals surface area (Å²) in [7, 11) is 0. The Morgan fingerprint density at radius 3 is 2.63 bits per heavy atom. The van der Waals surface area contributed by atoms with Gasteiger partial charge in [-0.2, -0.15) is 0 Å². The van der Waals surface area contributed by atoms with Crippen molar-refractivity contribution in [2.75, 3.05) is 18.9 Å². The van der Waals surface area contributed by atoms with Crippen molar-refractivity contribution in [1.82, 2.24) is 9.88 Å². The summed E-state index contributed by atoms with van der Waals surface area (Å²) in [6, 6.07) is 4.93. The molecule has 0 spiro atoms. The number of carboxylic acids is 1. The quantitative estimate of drug-likeness (QED) is 0.566. The molecule has 162 valence electrons. The molecular formula is C18H17F3N2O5S2. The highest BCUT2D eigenvalue weighted by molar-refractivity contribution is 8.01. The summed E-state index contributed by atoms with van der Waals surface area (Å²) in [6.07, 6.45) is -3.73. The number of benzene rings is 1. The number of halogens is 3. The molecule has 0 bridgehead atoms. The van der Waals surface area contributed by atoms with Gasteiger partial charge in [0.1, 0.15) is 18.1 Å². The van der Waals surface area contributed by atoms with Crippen LogP contribution in [0.1, 0.15) is 23.3 Å². The predicted octanol–water partition coefficient (Wildman–Crippen LogP) is 3.90. The maximum atomic E-state index is 12.2. The second kappa shape index (κ2) is 9.56. The fourth-order valence-corrected chi connectivity index (χ4v) is 4.67. The number of carbonyl (C=O) groups is 2. The van der Waals surface area contributed by atoms with Gasteiger partial charge in [-0.25, -0.2) is 9.78 Å². The van der Waals surface area contributed by atoms with Crippen LogP contribution in [0.3, 0.4) is 0 Å². The molecule has 3 rings (SSSR count). The van der Waals surface area contributed by atoms with Crippen LogP contribution < -0.4 is 9.47 Å². The van der Waals surface area contributed by atoms with Crippen LogP contribution in [0.5, 0.6) is 11.5 Å². The molecule has 1 amide bonds. The number of carboxylic acid groups (broad SMARTS) is 1. The lowest BCUT2D eigenvalue weighted by atomic mass is 10.2. The number of nitrogens with zero attached hydrogens (tertiary/aromatic N) is 2. The molecule has 1 saturated heterocycles. The Kier molecular flexibility index (Phi) is 7.08. The minimum absolute atomic E-state index is 0.00215. The van der Waals surface area contributed by atoms with Gasteiger partial charge in [-0.3, -0.25) is 4.79 Å². The van der Waals surface area contributed by atoms with Gasteiger partial charge >= 0.3 is 12.3 Å². The van der Waals surface area contributed by atoms with Gasteiger partial charge in [0.25, 0.3) is 0 Å². The van der Waals surface area contributed by atoms with E-state index in [9.17, 15) is 22.8 Å². The summed E-state index contributed by atoms with van der Waals surface area (Å²) < 4.78 is 46.7. The van der Waals surface area contributed by atoms with Crippen LogP contribution >= 0.6 is 23.1 Å². The van der Waals surface area contributed by atoms with Crippen LogP contribution in [-0.4, -0.2) is 58.2 Å². The van der Waals surface area contributed by atoms with Crippen molar-refractivity contribution in [3.63, 3.8) is 0 Å². The van der Waals surface area contributed by atoms with E-state index in [0.29, 0.717) is 35.2 Å². The number of carbonyl (C=O) groups excluding carboxylic acids is 1. The fourth-order valence-electron chi connectivity index (χ4n) is 2.86. The third-order valence-electron chi connectivity index (χ3n) is 4.21. The van der Waals surface area contributed by atoms with Gasteiger partial charge in [0.15, 0.2) is 10.0 Å². The molecule has 0 radical (unpaired) electrons. The summed E-state index contributed by atoms with van der Waals surface area (Å²) >= 11 is 2.61. The molecule has 30 heavy (non-hydrogen) atoms. The molecule has 1 atom stereocenters. The van der Waals surface area contributed by atoms with E-state index in [4.69, 9.17) is 9.84 Å². The number of aromatic carboxylic acids is 1. The molecule has 2 aromatic rings. The van der Waals surface area contributed by atoms with E-state index in [1.165, 1.54) is 40.6 Å². The van der Waals surface area contributed by atoms with Gasteiger partial charge in [0.2, 0.25) is 5.91 Å². The molecule has 1 aromatic carbocycles. The second-order valence-electron chi connectivity index (χ2n) is 6.26. The second-order valence-corrected chi connectivity index (χ2v) is 8.46. The average molecular weight is 462 g/mol. The number of thiazole rings is 1. The van der Waals surface area contributed by atoms with Gasteiger partial charge in [0.05, 0.1) is 6.04 Å². The highest BCUT2D eigenvalue weighted by Crippen LogP contribution is 2.27. The maximum Gasteiger partial charge on any atom is 0.573 e. The average Bonchev–Trinajstić information content (AvgIpc) is 3.28. The summed E-state index contributed by atoms with van der Waals surface area (Å²) in [5.74, 6) is -0.482. The van der Waals surface area contributed by atoms with E-state index in [2.05, 4.69) is 9.72 Å². The summed E-state index contributed by atoms with van der Waals surface area (Å²) in [4.78, 5) is 28.7. The molecular weight excluding hydrogens is 445 g/mol. The van der Waals surface area contributed by atoms with Gasteiger partial charge in [-0.05, 0) is 30.7 Å². The minimum atomic E-state index is -4.75. The Morgan fingerprint density at radius 1 is 1.30 bits per heavy atom. The van der Waals surface area contributed by atoms with Crippen LogP contribution in [0, 0.1) is 0 Å². The van der Waals surface area contributed by atoms with Gasteiger partial charge in [0, 0.05) is 24.1 Å². The highest BCUT2D eigenvalue weighted by Gasteiger charge is 2.32. The molecule has 1 fully saturated rings. The number of hydrogen-bond acceptors (Lipinski definition) is 7. The topological polar surface area (TPSA) is 89.0 Å². The largest absolute Gasteiger partial charge is 0.573 e. The molecule has 1 aliphatic heterocycles. The molecule has 1 N–H and O–H groups in total. The zero-order valence-electron chi connectivity index (χ0n) is 15.4. The van der Waals surface area contributed by atoms with Crippen molar-refractivity contribution < 1.29 is 37.3 Å². The van der Waals surface area contributed by atoms with Crippen molar-refractivity contribution in [2.24, 2.45) is 0 Å². The molecule has 1 unspecified atom stereocenters. The molecule has 0 saturated carbocycles. The lowest BCUT2D eigenvalue weighted by molar-refractivity contribution is -0.274. The monoisotopic (exact) mass is 462 g/mol. The SMILES string of the molecule is O=C(O)c1csc(SCCN2C(=O)CCC2COc2ccc(OC(F)(F)F)cc2)n1. The van der Waals surface area contributed by atoms with Crippen LogP contribution in [0.4, 0.5) is 13.2 Å². The Bertz CT molecular complexity index is 889. The van der Waals surface area contributed by atoms with E-state index < -0.39 is 12.3 Å². The first-order chi connectivity index (χ1) is 14.2. The number of aromatic nitrogens is 1. The number of ether oxygens (including phenoxy) is 2. The number of rotatable bonds is 9. The Morgan fingerprint density at radius 2 is 2.00 bits per heavy atom. The molecule has 12 heteroatoms. The van der Waals surface area contributed by atoms with Crippen LogP contribution in [0.25, 0.3) is 0 Å². The molecule has 1 aromatic heterocycles. The third-order valence-corrected chi connectivity index (χ3v) is 6.21. The van der Waals surface area contributed by atoms with Crippen molar-refractivity contribution in [3.8, 4) is 11.5 Å². The smallest absolute Gasteiger partial charge is 0.491 e. The number of amides is 1. The maximum absolute atomic E-state index is 12.2. The zero-order valence-corrected chi connectivity index (χ0v) is 17.1. The Balaban J connectivity index is 1.48. The fraction of sp³-hybridized carbons (Fsp3) is 0.389. The molecule has 1 aliphatic rings. The number of likely N-dealkylation sites (tertiary alicyclic amines) is 1. The van der Waals surface area contributed by atoms with Crippen LogP contribution in [0.2, 0.25) is 0 Å². The highest BCUT2D eigenvalue weighted by atomic mass is 32.2. The first-order valence-electron chi connectivity index (χ1n) is 8.81. The number of hydrogen-bond donors (Lipinski definition) is 1. The zero-order chi connectivity index (χ0) is 21.7. The van der Waals surface area contributed by atoms with Crippen molar-refractivity contribution in [2.45, 2.75) is 29.6 Å². The Labute approximate surface area is 177 Å². The summed E-state index contributed by atoms with van der Waals surface area (Å²) in [5.41, 5.74) is -0.00215. The van der Waals surface area contributed by atoms with Gasteiger partial charge < -0.3 is 19.5 Å². The predicted molar refractivity (Wildman–Crippen MR) is 103 cm³/mol. The lowest BCUT2D eigenvalue weighted by Crippen LogP contribution is -2.38. The van der Waals surface area contributed by atoms with Crippen LogP contribution in [0.15, 0.2) is 34.0 Å². The third kappa shape index (κ3) is 6.26. The van der Waals surface area contributed by atoms with Crippen molar-refractivity contribution >= 4 is 35.0 Å². The molecule has 0 aliphatic carbocycles. The molecule has 2 heterocycles. The summed E-state index contributed by atoms with van der Waals surface area (Å²) in [6.45, 7) is 0.675. The minimum Gasteiger partial charge on any atom is -0.491 e. The van der Waals surface area contributed by atoms with Gasteiger partial charge in [-0.15, -0.1) is 24.5 Å². The summed E-state index contributed by atoms with van der Waals surface area (Å²) in [5, 5.41) is 10.4. The standard InChI is InChI=1S/C18H17F3N2O5S2/c19-18(20,21)28-13-4-2-12(3-5-13)27-9-11-1-6-15(24)23(11)7-8-29-17-22-14(10-30-17)16(25)26/h2-5,10-11H,1,6-9H2,(H,25,26). The van der Waals surface area contributed by atoms with E-state index in [1.54, 1.807) is 4.90 Å². The first kappa shape index (κ1) is 22.2. The number of alkyl halides is 3. The van der Waals surface area contributed by atoms with E-state index in [-0.39, 0.29) is 30.0 Å².